The smallest absolute Gasteiger partial charge is 0.413 e. The zero-order chi connectivity index (χ0) is 15.1. The maximum absolute atomic E-state index is 11.0. The number of primary amides is 1. The van der Waals surface area contributed by atoms with Gasteiger partial charge in [-0.2, -0.15) is 8.42 Å². The number of halogens is 1. The number of hydrogen-bond donors (Lipinski definition) is 2. The molecule has 0 aromatic rings. The van der Waals surface area contributed by atoms with Gasteiger partial charge in [0.1, 0.15) is 18.6 Å². The quantitative estimate of drug-likeness (QED) is 0.439. The summed E-state index contributed by atoms with van der Waals surface area (Å²) in [7, 11) is -3.85. The number of imide groups is 1. The minimum atomic E-state index is -3.85. The molecule has 0 aliphatic heterocycles. The maximum Gasteiger partial charge on any atom is 0.413 e. The lowest BCUT2D eigenvalue weighted by molar-refractivity contribution is -0.120. The van der Waals surface area contributed by atoms with E-state index in [0.29, 0.717) is 0 Å². The minimum Gasteiger partial charge on any atom is -0.446 e. The van der Waals surface area contributed by atoms with Crippen LogP contribution in [0.2, 0.25) is 0 Å². The van der Waals surface area contributed by atoms with Crippen molar-refractivity contribution in [3.63, 3.8) is 0 Å². The second-order valence-electron chi connectivity index (χ2n) is 3.37. The number of hydrogen-bond acceptors (Lipinski definition) is 7. The van der Waals surface area contributed by atoms with Crippen molar-refractivity contribution in [3.8, 4) is 0 Å². The summed E-state index contributed by atoms with van der Waals surface area (Å²) in [4.78, 5) is 32.4. The number of nitrogens with one attached hydrogen (secondary N) is 1. The van der Waals surface area contributed by atoms with Gasteiger partial charge in [-0.3, -0.25) is 19.1 Å². The van der Waals surface area contributed by atoms with E-state index in [0.717, 1.165) is 6.26 Å². The van der Waals surface area contributed by atoms with Crippen molar-refractivity contribution in [2.75, 3.05) is 18.7 Å². The van der Waals surface area contributed by atoms with E-state index in [2.05, 4.69) is 8.92 Å². The Kier molecular flexibility index (Phi) is 7.34. The Morgan fingerprint density at radius 1 is 1.37 bits per heavy atom. The molecule has 0 aromatic carbocycles. The van der Waals surface area contributed by atoms with E-state index < -0.39 is 53.0 Å². The molecular weight excluding hydrogens is 304 g/mol. The van der Waals surface area contributed by atoms with Crippen LogP contribution in [0.3, 0.4) is 0 Å². The molecule has 0 saturated heterocycles. The van der Waals surface area contributed by atoms with Crippen LogP contribution in [-0.4, -0.2) is 51.2 Å². The molecule has 0 rings (SSSR count). The number of rotatable bonds is 7. The summed E-state index contributed by atoms with van der Waals surface area (Å²) < 4.78 is 30.8. The Morgan fingerprint density at radius 2 is 1.95 bits per heavy atom. The lowest BCUT2D eigenvalue weighted by Gasteiger charge is -2.14. The summed E-state index contributed by atoms with van der Waals surface area (Å²) in [5, 5.41) is 1.75. The van der Waals surface area contributed by atoms with Crippen molar-refractivity contribution in [1.82, 2.24) is 5.32 Å². The van der Waals surface area contributed by atoms with Crippen molar-refractivity contribution in [1.29, 1.82) is 0 Å². The summed E-state index contributed by atoms with van der Waals surface area (Å²) in [6.07, 6.45) is -2.11. The molecule has 110 valence electrons. The van der Waals surface area contributed by atoms with Crippen LogP contribution < -0.4 is 11.1 Å². The van der Waals surface area contributed by atoms with Crippen molar-refractivity contribution in [2.24, 2.45) is 5.73 Å². The van der Waals surface area contributed by atoms with Crippen LogP contribution in [0.25, 0.3) is 0 Å². The predicted molar refractivity (Wildman–Crippen MR) is 63.7 cm³/mol. The van der Waals surface area contributed by atoms with E-state index in [9.17, 15) is 22.8 Å². The Labute approximate surface area is 114 Å². The van der Waals surface area contributed by atoms with Crippen LogP contribution in [0.1, 0.15) is 6.42 Å². The van der Waals surface area contributed by atoms with Crippen LogP contribution in [-0.2, 0) is 28.6 Å². The highest BCUT2D eigenvalue weighted by atomic mass is 35.5. The molecule has 0 saturated carbocycles. The highest BCUT2D eigenvalue weighted by molar-refractivity contribution is 7.86. The third-order valence-corrected chi connectivity index (χ3v) is 2.37. The Bertz CT molecular complexity index is 450. The largest absolute Gasteiger partial charge is 0.446 e. The van der Waals surface area contributed by atoms with Crippen LogP contribution >= 0.6 is 11.6 Å². The Balaban J connectivity index is 4.37. The summed E-state index contributed by atoms with van der Waals surface area (Å²) in [5.41, 5.74) is 4.88. The molecule has 3 N–H and O–H groups in total. The molecule has 0 heterocycles. The average Bonchev–Trinajstić information content (AvgIpc) is 2.22. The molecule has 19 heavy (non-hydrogen) atoms. The molecule has 3 amide bonds. The molecule has 1 unspecified atom stereocenters. The molecule has 11 heteroatoms. The number of alkyl carbamates (subject to hydrolysis) is 1. The minimum absolute atomic E-state index is 0.445. The summed E-state index contributed by atoms with van der Waals surface area (Å²) in [6, 6.07) is 0. The lowest BCUT2D eigenvalue weighted by atomic mass is 10.2. The number of nitrogens with two attached hydrogens (primary N) is 1. The second-order valence-corrected chi connectivity index (χ2v) is 5.24. The van der Waals surface area contributed by atoms with Gasteiger partial charge < -0.3 is 10.5 Å². The standard InChI is InChI=1S/C8H13ClN2O7S/c1-19(15,16)18-5(2-6(10)12)4-17-8(14)11-7(13)3-9/h5H,2-4H2,1H3,(H2,10,12)(H,11,13,14). The first-order valence-corrected chi connectivity index (χ1v) is 7.18. The summed E-state index contributed by atoms with van der Waals surface area (Å²) in [6.45, 7) is -0.572. The number of alkyl halides is 1. The van der Waals surface area contributed by atoms with Gasteiger partial charge in [-0.1, -0.05) is 0 Å². The number of ether oxygens (including phenoxy) is 1. The van der Waals surface area contributed by atoms with Gasteiger partial charge in [0.15, 0.2) is 0 Å². The van der Waals surface area contributed by atoms with Gasteiger partial charge >= 0.3 is 6.09 Å². The molecule has 0 spiro atoms. The average molecular weight is 317 g/mol. The Morgan fingerprint density at radius 3 is 2.37 bits per heavy atom. The van der Waals surface area contributed by atoms with Gasteiger partial charge in [0.2, 0.25) is 11.8 Å². The van der Waals surface area contributed by atoms with Crippen molar-refractivity contribution in [3.05, 3.63) is 0 Å². The van der Waals surface area contributed by atoms with E-state index in [-0.39, 0.29) is 0 Å². The maximum atomic E-state index is 11.0. The fraction of sp³-hybridized carbons (Fsp3) is 0.625. The van der Waals surface area contributed by atoms with Crippen molar-refractivity contribution >= 4 is 39.6 Å². The van der Waals surface area contributed by atoms with Gasteiger partial charge in [-0.05, 0) is 0 Å². The monoisotopic (exact) mass is 316 g/mol. The van der Waals surface area contributed by atoms with E-state index in [1.54, 1.807) is 5.32 Å². The highest BCUT2D eigenvalue weighted by Crippen LogP contribution is 2.03. The normalized spacial score (nSPS) is 12.5. The third-order valence-electron chi connectivity index (χ3n) is 1.50. The van der Waals surface area contributed by atoms with Gasteiger partial charge in [0, 0.05) is 0 Å². The fourth-order valence-electron chi connectivity index (χ4n) is 0.944. The van der Waals surface area contributed by atoms with Crippen molar-refractivity contribution < 1.29 is 31.7 Å². The molecule has 0 radical (unpaired) electrons. The van der Waals surface area contributed by atoms with E-state index in [1.165, 1.54) is 0 Å². The van der Waals surface area contributed by atoms with Gasteiger partial charge in [0.25, 0.3) is 10.1 Å². The molecule has 0 aromatic heterocycles. The zero-order valence-electron chi connectivity index (χ0n) is 9.92. The van der Waals surface area contributed by atoms with Crippen LogP contribution in [0.15, 0.2) is 0 Å². The van der Waals surface area contributed by atoms with Crippen molar-refractivity contribution in [2.45, 2.75) is 12.5 Å². The van der Waals surface area contributed by atoms with E-state index in [4.69, 9.17) is 17.3 Å². The highest BCUT2D eigenvalue weighted by Gasteiger charge is 2.20. The summed E-state index contributed by atoms with van der Waals surface area (Å²) in [5.74, 6) is -2.07. The fourth-order valence-corrected chi connectivity index (χ4v) is 1.63. The topological polar surface area (TPSA) is 142 Å². The first-order chi connectivity index (χ1) is 8.64. The van der Waals surface area contributed by atoms with Gasteiger partial charge in [0.05, 0.1) is 12.7 Å². The first kappa shape index (κ1) is 17.6. The second kappa shape index (κ2) is 7.92. The van der Waals surface area contributed by atoms with E-state index >= 15 is 0 Å². The zero-order valence-corrected chi connectivity index (χ0v) is 11.5. The van der Waals surface area contributed by atoms with Crippen LogP contribution in [0, 0.1) is 0 Å². The molecular formula is C8H13ClN2O7S. The molecule has 0 fully saturated rings. The predicted octanol–water partition coefficient (Wildman–Crippen LogP) is -1.30. The van der Waals surface area contributed by atoms with Gasteiger partial charge in [-0.15, -0.1) is 11.6 Å². The molecule has 1 atom stereocenters. The molecule has 0 bridgehead atoms. The van der Waals surface area contributed by atoms with Crippen LogP contribution in [0.4, 0.5) is 4.79 Å². The Hall–Kier alpha value is -1.39. The molecule has 0 aliphatic rings. The SMILES string of the molecule is CS(=O)(=O)OC(COC(=O)NC(=O)CCl)CC(N)=O. The lowest BCUT2D eigenvalue weighted by Crippen LogP contribution is -2.35. The number of amides is 3. The van der Waals surface area contributed by atoms with Crippen LogP contribution in [0.5, 0.6) is 0 Å². The number of carbonyl (C=O) groups excluding carboxylic acids is 3. The molecule has 9 nitrogen and oxygen atoms in total. The third kappa shape index (κ3) is 10.2. The number of carbonyl (C=O) groups is 3. The van der Waals surface area contributed by atoms with E-state index in [1.807, 2.05) is 0 Å². The summed E-state index contributed by atoms with van der Waals surface area (Å²) >= 11 is 5.13. The van der Waals surface area contributed by atoms with Gasteiger partial charge in [-0.25, -0.2) is 4.79 Å². The molecule has 0 aliphatic carbocycles. The first-order valence-electron chi connectivity index (χ1n) is 4.83.